The molecule has 0 heterocycles. The van der Waals surface area contributed by atoms with Crippen LogP contribution in [0.1, 0.15) is 25.7 Å². The Balaban J connectivity index is 2.70. The molecular formula is C6H14N2O2. The molecule has 0 saturated carbocycles. The van der Waals surface area contributed by atoms with Crippen molar-refractivity contribution in [2.24, 2.45) is 11.1 Å². The van der Waals surface area contributed by atoms with E-state index in [1.54, 1.807) is 0 Å². The molecule has 4 nitrogen and oxygen atoms in total. The molecule has 0 amide bonds. The third-order valence-corrected chi connectivity index (χ3v) is 1.26. The Morgan fingerprint density at radius 1 is 1.20 bits per heavy atom. The molecule has 0 radical (unpaired) electrons. The van der Waals surface area contributed by atoms with Crippen molar-refractivity contribution in [2.45, 2.75) is 25.7 Å². The van der Waals surface area contributed by atoms with E-state index >= 15 is 0 Å². The van der Waals surface area contributed by atoms with Crippen molar-refractivity contribution in [3.63, 3.8) is 0 Å². The van der Waals surface area contributed by atoms with Gasteiger partial charge in [0.1, 0.15) is 0 Å². The summed E-state index contributed by atoms with van der Waals surface area (Å²) in [6.07, 6.45) is 3.95. The molecule has 0 spiro atoms. The molecule has 0 aliphatic heterocycles. The van der Waals surface area contributed by atoms with E-state index in [1.807, 2.05) is 0 Å². The summed E-state index contributed by atoms with van der Waals surface area (Å²) in [7, 11) is 0. The number of hydrogen-bond donors (Lipinski definition) is 1. The van der Waals surface area contributed by atoms with E-state index in [4.69, 9.17) is 5.90 Å². The summed E-state index contributed by atoms with van der Waals surface area (Å²) in [6.45, 7) is 1.04. The summed E-state index contributed by atoms with van der Waals surface area (Å²) in [5, 5.41) is 2.75. The van der Waals surface area contributed by atoms with Crippen LogP contribution in [0.25, 0.3) is 0 Å². The Morgan fingerprint density at radius 2 is 1.90 bits per heavy atom. The molecule has 0 saturated heterocycles. The van der Waals surface area contributed by atoms with E-state index in [2.05, 4.69) is 10.0 Å². The van der Waals surface area contributed by atoms with Gasteiger partial charge in [-0.2, -0.15) is 4.91 Å². The quantitative estimate of drug-likeness (QED) is 0.333. The van der Waals surface area contributed by atoms with E-state index in [9.17, 15) is 4.91 Å². The molecule has 0 fully saturated rings. The zero-order chi connectivity index (χ0) is 7.66. The van der Waals surface area contributed by atoms with Gasteiger partial charge in [0.15, 0.2) is 0 Å². The van der Waals surface area contributed by atoms with Gasteiger partial charge in [0.25, 0.3) is 0 Å². The van der Waals surface area contributed by atoms with Crippen LogP contribution >= 0.6 is 0 Å². The van der Waals surface area contributed by atoms with Crippen molar-refractivity contribution < 1.29 is 4.84 Å². The van der Waals surface area contributed by atoms with Crippen LogP contribution in [-0.4, -0.2) is 13.2 Å². The van der Waals surface area contributed by atoms with Gasteiger partial charge in [-0.1, -0.05) is 18.0 Å². The third-order valence-electron chi connectivity index (χ3n) is 1.26. The number of nitroso groups, excluding NO2 is 1. The second-order valence-corrected chi connectivity index (χ2v) is 2.14. The molecule has 0 aromatic carbocycles. The standard InChI is InChI=1S/C6H14N2O2/c7-10-6-4-2-1-3-5-8-9/h1-7H2. The zero-order valence-corrected chi connectivity index (χ0v) is 6.08. The van der Waals surface area contributed by atoms with E-state index in [-0.39, 0.29) is 0 Å². The maximum atomic E-state index is 9.60. The monoisotopic (exact) mass is 146 g/mol. The maximum absolute atomic E-state index is 9.60. The molecule has 0 unspecified atom stereocenters. The first kappa shape index (κ1) is 9.52. The fourth-order valence-electron chi connectivity index (χ4n) is 0.715. The van der Waals surface area contributed by atoms with Crippen LogP contribution in [0.5, 0.6) is 0 Å². The van der Waals surface area contributed by atoms with Crippen molar-refractivity contribution in [1.29, 1.82) is 0 Å². The Hall–Kier alpha value is -0.480. The van der Waals surface area contributed by atoms with E-state index in [0.717, 1.165) is 25.7 Å². The maximum Gasteiger partial charge on any atom is 0.0811 e. The van der Waals surface area contributed by atoms with Gasteiger partial charge >= 0.3 is 0 Å². The smallest absolute Gasteiger partial charge is 0.0811 e. The van der Waals surface area contributed by atoms with Crippen LogP contribution in [0.15, 0.2) is 5.18 Å². The summed E-state index contributed by atoms with van der Waals surface area (Å²) in [5.74, 6) is 4.80. The summed E-state index contributed by atoms with van der Waals surface area (Å²) in [5.41, 5.74) is 0. The van der Waals surface area contributed by atoms with Gasteiger partial charge in [-0.15, -0.1) is 0 Å². The molecule has 0 atom stereocenters. The lowest BCUT2D eigenvalue weighted by Gasteiger charge is -1.96. The van der Waals surface area contributed by atoms with Gasteiger partial charge in [0, 0.05) is 0 Å². The highest BCUT2D eigenvalue weighted by Crippen LogP contribution is 1.98. The van der Waals surface area contributed by atoms with Gasteiger partial charge in [-0.3, -0.25) is 0 Å². The highest BCUT2D eigenvalue weighted by molar-refractivity contribution is 4.44. The Labute approximate surface area is 60.7 Å². The van der Waals surface area contributed by atoms with Gasteiger partial charge in [-0.05, 0) is 12.8 Å². The molecule has 60 valence electrons. The van der Waals surface area contributed by atoms with Gasteiger partial charge in [0.05, 0.1) is 13.2 Å². The SMILES string of the molecule is NOCCCCCCN=O. The first-order valence-corrected chi connectivity index (χ1v) is 3.52. The first-order chi connectivity index (χ1) is 4.91. The van der Waals surface area contributed by atoms with Crippen LogP contribution in [0.4, 0.5) is 0 Å². The normalized spacial score (nSPS) is 9.70. The van der Waals surface area contributed by atoms with Crippen LogP contribution < -0.4 is 5.90 Å². The van der Waals surface area contributed by atoms with E-state index in [1.165, 1.54) is 0 Å². The first-order valence-electron chi connectivity index (χ1n) is 3.52. The van der Waals surface area contributed by atoms with Crippen LogP contribution in [-0.2, 0) is 4.84 Å². The van der Waals surface area contributed by atoms with E-state index < -0.39 is 0 Å². The molecule has 2 N–H and O–H groups in total. The van der Waals surface area contributed by atoms with Crippen molar-refractivity contribution in [1.82, 2.24) is 0 Å². The lowest BCUT2D eigenvalue weighted by molar-refractivity contribution is 0.133. The molecular weight excluding hydrogens is 132 g/mol. The van der Waals surface area contributed by atoms with Crippen LogP contribution in [0.3, 0.4) is 0 Å². The second-order valence-electron chi connectivity index (χ2n) is 2.14. The minimum absolute atomic E-state index is 0.434. The highest BCUT2D eigenvalue weighted by atomic mass is 16.6. The zero-order valence-electron chi connectivity index (χ0n) is 6.08. The number of unbranched alkanes of at least 4 members (excludes halogenated alkanes) is 3. The number of nitrogens with zero attached hydrogens (tertiary/aromatic N) is 1. The van der Waals surface area contributed by atoms with Crippen molar-refractivity contribution in [3.8, 4) is 0 Å². The minimum Gasteiger partial charge on any atom is -0.305 e. The number of nitrogens with two attached hydrogens (primary N) is 1. The molecule has 0 aliphatic rings. The topological polar surface area (TPSA) is 64.7 Å². The van der Waals surface area contributed by atoms with Gasteiger partial charge in [-0.25, -0.2) is 5.90 Å². The summed E-state index contributed by atoms with van der Waals surface area (Å²) in [4.78, 5) is 14.0. The Bertz CT molecular complexity index is 78.1. The van der Waals surface area contributed by atoms with Crippen LogP contribution in [0.2, 0.25) is 0 Å². The third kappa shape index (κ3) is 7.52. The predicted octanol–water partition coefficient (Wildman–Crippen LogP) is 1.20. The van der Waals surface area contributed by atoms with Crippen molar-refractivity contribution in [2.75, 3.05) is 13.2 Å². The fourth-order valence-corrected chi connectivity index (χ4v) is 0.715. The molecule has 4 heteroatoms. The molecule has 0 aliphatic carbocycles. The molecule has 0 aromatic rings. The summed E-state index contributed by atoms with van der Waals surface area (Å²) < 4.78 is 0. The largest absolute Gasteiger partial charge is 0.305 e. The van der Waals surface area contributed by atoms with Crippen LogP contribution in [0, 0.1) is 4.91 Å². The number of rotatable bonds is 7. The second kappa shape index (κ2) is 8.52. The molecule has 10 heavy (non-hydrogen) atoms. The Kier molecular flexibility index (Phi) is 8.11. The van der Waals surface area contributed by atoms with Crippen molar-refractivity contribution in [3.05, 3.63) is 4.91 Å². The molecule has 0 aromatic heterocycles. The predicted molar refractivity (Wildman–Crippen MR) is 39.3 cm³/mol. The van der Waals surface area contributed by atoms with E-state index in [0.29, 0.717) is 13.2 Å². The fraction of sp³-hybridized carbons (Fsp3) is 1.00. The number of hydrogen-bond acceptors (Lipinski definition) is 4. The minimum atomic E-state index is 0.434. The highest BCUT2D eigenvalue weighted by Gasteiger charge is 1.88. The van der Waals surface area contributed by atoms with Gasteiger partial charge < -0.3 is 4.84 Å². The summed E-state index contributed by atoms with van der Waals surface area (Å²) in [6, 6.07) is 0. The van der Waals surface area contributed by atoms with Gasteiger partial charge in [0.2, 0.25) is 0 Å². The molecule has 0 bridgehead atoms. The average Bonchev–Trinajstić information content (AvgIpc) is 1.97. The lowest BCUT2D eigenvalue weighted by Crippen LogP contribution is -2.00. The summed E-state index contributed by atoms with van der Waals surface area (Å²) >= 11 is 0. The lowest BCUT2D eigenvalue weighted by atomic mass is 10.2. The average molecular weight is 146 g/mol. The van der Waals surface area contributed by atoms with Crippen molar-refractivity contribution >= 4 is 0 Å². The Morgan fingerprint density at radius 3 is 2.50 bits per heavy atom. The molecule has 0 rings (SSSR count).